The molecule has 1 aromatic heterocycles. The number of nitrogens with one attached hydrogen (secondary N) is 2. The van der Waals surface area contributed by atoms with Gasteiger partial charge in [-0.2, -0.15) is 5.10 Å². The quantitative estimate of drug-likeness (QED) is 0.548. The average molecular weight is 364 g/mol. The molecule has 0 bridgehead atoms. The van der Waals surface area contributed by atoms with Crippen molar-refractivity contribution in [3.8, 4) is 0 Å². The molecule has 0 spiro atoms. The van der Waals surface area contributed by atoms with Crippen LogP contribution in [0.15, 0.2) is 17.4 Å². The fraction of sp³-hybridized carbons (Fsp3) is 0.722. The van der Waals surface area contributed by atoms with E-state index in [1.54, 1.807) is 0 Å². The predicted octanol–water partition coefficient (Wildman–Crippen LogP) is 0.589. The number of hydrogen-bond donors (Lipinski definition) is 2. The molecule has 1 aromatic rings. The lowest BCUT2D eigenvalue weighted by Crippen LogP contribution is -2.45. The molecular weight excluding hydrogens is 330 g/mol. The molecule has 2 heterocycles. The maximum absolute atomic E-state index is 11.9. The summed E-state index contributed by atoms with van der Waals surface area (Å²) >= 11 is 0. The molecule has 0 saturated carbocycles. The molecular formula is C18H33N7O. The molecule has 8 nitrogen and oxygen atoms in total. The van der Waals surface area contributed by atoms with E-state index >= 15 is 0 Å². The van der Waals surface area contributed by atoms with Crippen molar-refractivity contribution in [2.24, 2.45) is 12.0 Å². The Morgan fingerprint density at radius 1 is 1.46 bits per heavy atom. The highest BCUT2D eigenvalue weighted by Crippen LogP contribution is 2.17. The lowest BCUT2D eigenvalue weighted by Gasteiger charge is -2.23. The van der Waals surface area contributed by atoms with Gasteiger partial charge in [0.15, 0.2) is 5.96 Å². The molecule has 2 rings (SSSR count). The molecule has 0 aromatic carbocycles. The smallest absolute Gasteiger partial charge is 0.222 e. The van der Waals surface area contributed by atoms with Gasteiger partial charge in [0.05, 0.1) is 18.8 Å². The monoisotopic (exact) mass is 363 g/mol. The number of carbonyl (C=O) groups excluding carboxylic acids is 1. The van der Waals surface area contributed by atoms with E-state index in [2.05, 4.69) is 41.7 Å². The van der Waals surface area contributed by atoms with Gasteiger partial charge in [0.1, 0.15) is 0 Å². The van der Waals surface area contributed by atoms with Crippen molar-refractivity contribution in [3.05, 3.63) is 18.0 Å². The molecule has 1 aliphatic rings. The lowest BCUT2D eigenvalue weighted by atomic mass is 10.1. The van der Waals surface area contributed by atoms with Gasteiger partial charge in [-0.3, -0.25) is 14.5 Å². The fourth-order valence-electron chi connectivity index (χ4n) is 3.20. The first-order chi connectivity index (χ1) is 12.4. The molecule has 2 atom stereocenters. The van der Waals surface area contributed by atoms with E-state index in [1.165, 1.54) is 0 Å². The summed E-state index contributed by atoms with van der Waals surface area (Å²) in [5.41, 5.74) is 1.15. The van der Waals surface area contributed by atoms with Crippen LogP contribution in [0, 0.1) is 0 Å². The second kappa shape index (κ2) is 9.56. The SMILES string of the molecule is CCNC(=NCC(c1cnn(C)c1)N(C)C)NC1CCN(C(=O)CC)C1. The summed E-state index contributed by atoms with van der Waals surface area (Å²) < 4.78 is 1.82. The van der Waals surface area contributed by atoms with E-state index in [1.807, 2.05) is 35.9 Å². The van der Waals surface area contributed by atoms with Gasteiger partial charge < -0.3 is 20.4 Å². The van der Waals surface area contributed by atoms with Gasteiger partial charge in [-0.1, -0.05) is 6.92 Å². The van der Waals surface area contributed by atoms with Gasteiger partial charge in [0.2, 0.25) is 5.91 Å². The summed E-state index contributed by atoms with van der Waals surface area (Å²) in [5, 5.41) is 11.1. The summed E-state index contributed by atoms with van der Waals surface area (Å²) in [4.78, 5) is 20.7. The Morgan fingerprint density at radius 2 is 2.23 bits per heavy atom. The number of likely N-dealkylation sites (tertiary alicyclic amines) is 1. The van der Waals surface area contributed by atoms with Gasteiger partial charge in [0, 0.05) is 50.9 Å². The zero-order valence-corrected chi connectivity index (χ0v) is 16.7. The number of aryl methyl sites for hydroxylation is 1. The molecule has 0 radical (unpaired) electrons. The summed E-state index contributed by atoms with van der Waals surface area (Å²) in [6.45, 7) is 6.97. The van der Waals surface area contributed by atoms with Crippen LogP contribution in [-0.4, -0.2) is 77.8 Å². The van der Waals surface area contributed by atoms with Crippen LogP contribution in [0.4, 0.5) is 0 Å². The third-order valence-corrected chi connectivity index (χ3v) is 4.68. The summed E-state index contributed by atoms with van der Waals surface area (Å²) in [6, 6.07) is 0.417. The summed E-state index contributed by atoms with van der Waals surface area (Å²) in [5.74, 6) is 1.03. The number of amides is 1. The molecule has 1 fully saturated rings. The average Bonchev–Trinajstić information content (AvgIpc) is 3.23. The number of aromatic nitrogens is 2. The molecule has 26 heavy (non-hydrogen) atoms. The third-order valence-electron chi connectivity index (χ3n) is 4.68. The van der Waals surface area contributed by atoms with E-state index in [4.69, 9.17) is 4.99 Å². The predicted molar refractivity (Wildman–Crippen MR) is 104 cm³/mol. The van der Waals surface area contributed by atoms with Crippen LogP contribution in [0.1, 0.15) is 38.3 Å². The number of aliphatic imine (C=N–C) groups is 1. The van der Waals surface area contributed by atoms with Crippen LogP contribution in [0.2, 0.25) is 0 Å². The number of carbonyl (C=O) groups is 1. The van der Waals surface area contributed by atoms with Crippen molar-refractivity contribution >= 4 is 11.9 Å². The minimum Gasteiger partial charge on any atom is -0.357 e. The van der Waals surface area contributed by atoms with Gasteiger partial charge in [-0.25, -0.2) is 0 Å². The second-order valence-electron chi connectivity index (χ2n) is 6.97. The van der Waals surface area contributed by atoms with Crippen molar-refractivity contribution < 1.29 is 4.79 Å². The van der Waals surface area contributed by atoms with E-state index in [0.717, 1.165) is 37.6 Å². The highest BCUT2D eigenvalue weighted by atomic mass is 16.2. The molecule has 0 aliphatic carbocycles. The number of hydrogen-bond acceptors (Lipinski definition) is 4. The second-order valence-corrected chi connectivity index (χ2v) is 6.97. The third kappa shape index (κ3) is 5.45. The molecule has 146 valence electrons. The van der Waals surface area contributed by atoms with E-state index in [0.29, 0.717) is 13.0 Å². The molecule has 1 amide bonds. The van der Waals surface area contributed by atoms with Crippen LogP contribution in [0.3, 0.4) is 0 Å². The van der Waals surface area contributed by atoms with Crippen LogP contribution >= 0.6 is 0 Å². The topological polar surface area (TPSA) is 77.8 Å². The van der Waals surface area contributed by atoms with Gasteiger partial charge >= 0.3 is 0 Å². The Labute approximate surface area is 156 Å². The van der Waals surface area contributed by atoms with Crippen molar-refractivity contribution in [2.45, 2.75) is 38.8 Å². The first kappa shape index (κ1) is 20.2. The van der Waals surface area contributed by atoms with Crippen molar-refractivity contribution in [2.75, 3.05) is 40.3 Å². The summed E-state index contributed by atoms with van der Waals surface area (Å²) in [7, 11) is 6.03. The Morgan fingerprint density at radius 3 is 2.81 bits per heavy atom. The van der Waals surface area contributed by atoms with Crippen molar-refractivity contribution in [1.82, 2.24) is 30.2 Å². The maximum Gasteiger partial charge on any atom is 0.222 e. The minimum absolute atomic E-state index is 0.168. The number of rotatable bonds is 7. The number of nitrogens with zero attached hydrogens (tertiary/aromatic N) is 5. The zero-order chi connectivity index (χ0) is 19.1. The van der Waals surface area contributed by atoms with Gasteiger partial charge in [-0.15, -0.1) is 0 Å². The molecule has 1 aliphatic heterocycles. The molecule has 1 saturated heterocycles. The van der Waals surface area contributed by atoms with Crippen LogP contribution in [0.5, 0.6) is 0 Å². The molecule has 2 unspecified atom stereocenters. The minimum atomic E-state index is 0.168. The maximum atomic E-state index is 11.9. The van der Waals surface area contributed by atoms with E-state index < -0.39 is 0 Å². The molecule has 2 N–H and O–H groups in total. The van der Waals surface area contributed by atoms with E-state index in [9.17, 15) is 4.79 Å². The Hall–Kier alpha value is -2.09. The molecule has 8 heteroatoms. The number of likely N-dealkylation sites (N-methyl/N-ethyl adjacent to an activating group) is 1. The Bertz CT molecular complexity index is 610. The van der Waals surface area contributed by atoms with Crippen molar-refractivity contribution in [3.63, 3.8) is 0 Å². The highest BCUT2D eigenvalue weighted by Gasteiger charge is 2.26. The van der Waals surface area contributed by atoms with Crippen LogP contribution in [0.25, 0.3) is 0 Å². The summed E-state index contributed by atoms with van der Waals surface area (Å²) in [6.07, 6.45) is 5.45. The Balaban J connectivity index is 2.00. The fourth-order valence-corrected chi connectivity index (χ4v) is 3.20. The highest BCUT2D eigenvalue weighted by molar-refractivity contribution is 5.80. The van der Waals surface area contributed by atoms with Crippen LogP contribution < -0.4 is 10.6 Å². The van der Waals surface area contributed by atoms with Gasteiger partial charge in [-0.05, 0) is 27.4 Å². The first-order valence-electron chi connectivity index (χ1n) is 9.42. The Kier molecular flexibility index (Phi) is 7.44. The largest absolute Gasteiger partial charge is 0.357 e. The van der Waals surface area contributed by atoms with Crippen molar-refractivity contribution in [1.29, 1.82) is 0 Å². The number of guanidine groups is 1. The standard InChI is InChI=1S/C18H33N7O/c1-6-17(26)25-9-8-15(13-25)22-18(19-7-2)20-11-16(23(3)4)14-10-21-24(5)12-14/h10,12,15-16H,6-9,11,13H2,1-5H3,(H2,19,20,22). The lowest BCUT2D eigenvalue weighted by molar-refractivity contribution is -0.129. The first-order valence-corrected chi connectivity index (χ1v) is 9.42. The zero-order valence-electron chi connectivity index (χ0n) is 16.7. The van der Waals surface area contributed by atoms with Crippen LogP contribution in [-0.2, 0) is 11.8 Å². The normalized spacial score (nSPS) is 19.1. The van der Waals surface area contributed by atoms with E-state index in [-0.39, 0.29) is 18.0 Å². The van der Waals surface area contributed by atoms with Gasteiger partial charge in [0.25, 0.3) is 0 Å².